The molecule has 2 aromatic carbocycles. The largest absolute Gasteiger partial charge is 0.497 e. The van der Waals surface area contributed by atoms with Crippen LogP contribution in [0.5, 0.6) is 17.2 Å². The van der Waals surface area contributed by atoms with E-state index in [1.54, 1.807) is 26.0 Å². The number of rotatable bonds is 11. The number of nitrogens with zero attached hydrogens (tertiary/aromatic N) is 3. The van der Waals surface area contributed by atoms with Gasteiger partial charge < -0.3 is 24.1 Å². The summed E-state index contributed by atoms with van der Waals surface area (Å²) in [5.74, 6) is 3.69. The summed E-state index contributed by atoms with van der Waals surface area (Å²) in [7, 11) is 5.15. The zero-order valence-electron chi connectivity index (χ0n) is 18.7. The van der Waals surface area contributed by atoms with Crippen molar-refractivity contribution in [1.82, 2.24) is 20.1 Å². The highest BCUT2D eigenvalue weighted by Crippen LogP contribution is 2.21. The van der Waals surface area contributed by atoms with E-state index in [1.807, 2.05) is 67.1 Å². The SMILES string of the molecule is COc1ccc(CC(=O)N[C@@H](C)c2nnc(SCCOc3ccc(OC)cc3)n2C)cc1. The zero-order chi connectivity index (χ0) is 22.9. The first-order valence-corrected chi connectivity index (χ1v) is 11.2. The molecule has 3 aromatic rings. The maximum atomic E-state index is 12.4. The molecule has 0 fully saturated rings. The number of methoxy groups -OCH3 is 2. The third-order valence-corrected chi connectivity index (χ3v) is 5.78. The minimum absolute atomic E-state index is 0.0761. The summed E-state index contributed by atoms with van der Waals surface area (Å²) in [5.41, 5.74) is 0.918. The summed E-state index contributed by atoms with van der Waals surface area (Å²) in [6.07, 6.45) is 0.288. The summed E-state index contributed by atoms with van der Waals surface area (Å²) in [4.78, 5) is 12.4. The summed E-state index contributed by atoms with van der Waals surface area (Å²) in [6.45, 7) is 2.44. The van der Waals surface area contributed by atoms with E-state index in [0.29, 0.717) is 12.4 Å². The second kappa shape index (κ2) is 11.4. The number of aromatic nitrogens is 3. The highest BCUT2D eigenvalue weighted by atomic mass is 32.2. The molecule has 0 saturated carbocycles. The van der Waals surface area contributed by atoms with Crippen molar-refractivity contribution in [3.63, 3.8) is 0 Å². The van der Waals surface area contributed by atoms with Crippen molar-refractivity contribution in [1.29, 1.82) is 0 Å². The van der Waals surface area contributed by atoms with Crippen molar-refractivity contribution in [2.45, 2.75) is 24.5 Å². The fraction of sp³-hybridized carbons (Fsp3) is 0.348. The van der Waals surface area contributed by atoms with Crippen LogP contribution in [0.2, 0.25) is 0 Å². The number of hydrogen-bond donors (Lipinski definition) is 1. The number of amides is 1. The highest BCUT2D eigenvalue weighted by Gasteiger charge is 2.18. The van der Waals surface area contributed by atoms with Gasteiger partial charge in [-0.15, -0.1) is 10.2 Å². The van der Waals surface area contributed by atoms with E-state index in [9.17, 15) is 4.79 Å². The van der Waals surface area contributed by atoms with E-state index in [-0.39, 0.29) is 18.4 Å². The standard InChI is InChI=1S/C23H28N4O4S/c1-16(24-21(28)15-17-5-7-18(29-3)8-6-17)22-25-26-23(27(22)2)32-14-13-31-20-11-9-19(30-4)10-12-20/h5-12,16H,13-15H2,1-4H3,(H,24,28)/t16-/m0/s1. The molecular weight excluding hydrogens is 428 g/mol. The van der Waals surface area contributed by atoms with Crippen LogP contribution in [0.25, 0.3) is 0 Å². The van der Waals surface area contributed by atoms with Crippen molar-refractivity contribution >= 4 is 17.7 Å². The van der Waals surface area contributed by atoms with Gasteiger partial charge in [0.05, 0.1) is 33.3 Å². The molecule has 0 aliphatic carbocycles. The van der Waals surface area contributed by atoms with Crippen LogP contribution in [0.3, 0.4) is 0 Å². The lowest BCUT2D eigenvalue weighted by Crippen LogP contribution is -2.29. The van der Waals surface area contributed by atoms with E-state index in [4.69, 9.17) is 14.2 Å². The Labute approximate surface area is 192 Å². The first-order chi connectivity index (χ1) is 15.5. The van der Waals surface area contributed by atoms with Gasteiger partial charge in [-0.2, -0.15) is 0 Å². The van der Waals surface area contributed by atoms with Crippen molar-refractivity contribution in [2.24, 2.45) is 7.05 Å². The van der Waals surface area contributed by atoms with Gasteiger partial charge in [0.25, 0.3) is 0 Å². The highest BCUT2D eigenvalue weighted by molar-refractivity contribution is 7.99. The Hall–Kier alpha value is -3.20. The van der Waals surface area contributed by atoms with Crippen molar-refractivity contribution < 1.29 is 19.0 Å². The number of nitrogens with one attached hydrogen (secondary N) is 1. The van der Waals surface area contributed by atoms with Gasteiger partial charge in [-0.05, 0) is 48.9 Å². The van der Waals surface area contributed by atoms with Gasteiger partial charge in [-0.1, -0.05) is 23.9 Å². The number of carbonyl (C=O) groups excluding carboxylic acids is 1. The van der Waals surface area contributed by atoms with Crippen LogP contribution >= 0.6 is 11.8 Å². The Bertz CT molecular complexity index is 1010. The summed E-state index contributed by atoms with van der Waals surface area (Å²) in [5, 5.41) is 12.3. The molecule has 8 nitrogen and oxygen atoms in total. The lowest BCUT2D eigenvalue weighted by molar-refractivity contribution is -0.121. The second-order valence-corrected chi connectivity index (χ2v) is 8.15. The number of benzene rings is 2. The van der Waals surface area contributed by atoms with Crippen LogP contribution in [0, 0.1) is 0 Å². The molecule has 0 aliphatic rings. The van der Waals surface area contributed by atoms with Gasteiger partial charge in [0, 0.05) is 12.8 Å². The molecule has 1 aromatic heterocycles. The molecule has 1 atom stereocenters. The monoisotopic (exact) mass is 456 g/mol. The lowest BCUT2D eigenvalue weighted by atomic mass is 10.1. The van der Waals surface area contributed by atoms with E-state index in [0.717, 1.165) is 33.7 Å². The first-order valence-electron chi connectivity index (χ1n) is 10.2. The molecule has 1 heterocycles. The van der Waals surface area contributed by atoms with Crippen LogP contribution in [0.4, 0.5) is 0 Å². The minimum atomic E-state index is -0.261. The average molecular weight is 457 g/mol. The fourth-order valence-corrected chi connectivity index (χ4v) is 3.81. The zero-order valence-corrected chi connectivity index (χ0v) is 19.5. The molecule has 0 spiro atoms. The molecule has 32 heavy (non-hydrogen) atoms. The second-order valence-electron chi connectivity index (χ2n) is 7.09. The summed E-state index contributed by atoms with van der Waals surface area (Å²) >= 11 is 1.55. The van der Waals surface area contributed by atoms with Crippen LogP contribution in [-0.4, -0.2) is 47.3 Å². The molecule has 0 bridgehead atoms. The van der Waals surface area contributed by atoms with E-state index in [1.165, 1.54) is 0 Å². The predicted molar refractivity (Wildman–Crippen MR) is 123 cm³/mol. The third-order valence-electron chi connectivity index (χ3n) is 4.80. The molecule has 1 amide bonds. The van der Waals surface area contributed by atoms with E-state index < -0.39 is 0 Å². The fourth-order valence-electron chi connectivity index (χ4n) is 3.08. The topological polar surface area (TPSA) is 87.5 Å². The van der Waals surface area contributed by atoms with E-state index in [2.05, 4.69) is 15.5 Å². The Morgan fingerprint density at radius 1 is 1.00 bits per heavy atom. The minimum Gasteiger partial charge on any atom is -0.497 e. The number of carbonyl (C=O) groups is 1. The quantitative estimate of drug-likeness (QED) is 0.349. The molecular formula is C23H28N4O4S. The van der Waals surface area contributed by atoms with Crippen LogP contribution in [0.1, 0.15) is 24.4 Å². The van der Waals surface area contributed by atoms with Gasteiger partial charge in [-0.25, -0.2) is 0 Å². The maximum absolute atomic E-state index is 12.4. The van der Waals surface area contributed by atoms with Crippen molar-refractivity contribution in [2.75, 3.05) is 26.6 Å². The van der Waals surface area contributed by atoms with Crippen molar-refractivity contribution in [3.8, 4) is 17.2 Å². The Morgan fingerprint density at radius 2 is 1.59 bits per heavy atom. The molecule has 0 saturated heterocycles. The van der Waals surface area contributed by atoms with Crippen LogP contribution in [0.15, 0.2) is 53.7 Å². The van der Waals surface area contributed by atoms with Gasteiger partial charge >= 0.3 is 0 Å². The third kappa shape index (κ3) is 6.40. The number of thioether (sulfide) groups is 1. The van der Waals surface area contributed by atoms with Crippen LogP contribution in [-0.2, 0) is 18.3 Å². The van der Waals surface area contributed by atoms with Crippen molar-refractivity contribution in [3.05, 3.63) is 59.9 Å². The number of ether oxygens (including phenoxy) is 3. The van der Waals surface area contributed by atoms with Gasteiger partial charge in [-0.3, -0.25) is 4.79 Å². The van der Waals surface area contributed by atoms with Crippen LogP contribution < -0.4 is 19.5 Å². The molecule has 9 heteroatoms. The lowest BCUT2D eigenvalue weighted by Gasteiger charge is -2.14. The van der Waals surface area contributed by atoms with Gasteiger partial charge in [0.1, 0.15) is 17.2 Å². The molecule has 1 N–H and O–H groups in total. The predicted octanol–water partition coefficient (Wildman–Crippen LogP) is 3.42. The summed E-state index contributed by atoms with van der Waals surface area (Å²) in [6, 6.07) is 14.7. The molecule has 3 rings (SSSR count). The number of hydrogen-bond acceptors (Lipinski definition) is 7. The Morgan fingerprint density at radius 3 is 2.22 bits per heavy atom. The maximum Gasteiger partial charge on any atom is 0.224 e. The normalized spacial score (nSPS) is 11.6. The average Bonchev–Trinajstić information content (AvgIpc) is 3.18. The van der Waals surface area contributed by atoms with Gasteiger partial charge in [0.15, 0.2) is 11.0 Å². The molecule has 170 valence electrons. The molecule has 0 aliphatic heterocycles. The Kier molecular flexibility index (Phi) is 8.38. The molecule has 0 radical (unpaired) electrons. The Balaban J connectivity index is 1.46. The molecule has 0 unspecified atom stereocenters. The smallest absolute Gasteiger partial charge is 0.224 e. The first kappa shape index (κ1) is 23.5. The summed E-state index contributed by atoms with van der Waals surface area (Å²) < 4.78 is 17.9. The van der Waals surface area contributed by atoms with E-state index >= 15 is 0 Å². The van der Waals surface area contributed by atoms with Gasteiger partial charge in [0.2, 0.25) is 5.91 Å².